The topological polar surface area (TPSA) is 201 Å². The van der Waals surface area contributed by atoms with Crippen molar-refractivity contribution < 1.29 is 124 Å². The number of Topliss-reactive ketones (excluding diaryl/α,β-unsaturated/α-hetero) is 2. The van der Waals surface area contributed by atoms with Gasteiger partial charge in [0.05, 0.1) is 40.2 Å². The van der Waals surface area contributed by atoms with Gasteiger partial charge in [-0.15, -0.1) is 125 Å². The Bertz CT molecular complexity index is 6350. The third-order valence-corrected chi connectivity index (χ3v) is 20.8. The second-order valence-electron chi connectivity index (χ2n) is 32.1. The van der Waals surface area contributed by atoms with Crippen LogP contribution in [0.25, 0.3) is 120 Å². The molecule has 4 radical (unpaired) electrons. The normalized spacial score (nSPS) is 11.6. The maximum atomic E-state index is 11.5. The van der Waals surface area contributed by atoms with Crippen LogP contribution in [0, 0.1) is 35.1 Å². The van der Waals surface area contributed by atoms with Crippen molar-refractivity contribution in [1.82, 2.24) is 19.9 Å². The number of allylic oxidation sites excluding steroid dienone is 6. The van der Waals surface area contributed by atoms with Crippen LogP contribution in [0.4, 0.5) is 0 Å². The van der Waals surface area contributed by atoms with Crippen LogP contribution in [0.3, 0.4) is 0 Å². The molecule has 10 aromatic carbocycles. The Morgan fingerprint density at radius 1 is 0.433 bits per heavy atom. The number of carbonyl (C=O) groups excluding carboxylic acids is 5. The molecule has 13 nitrogen and oxygen atoms in total. The first-order valence-corrected chi connectivity index (χ1v) is 41.3. The van der Waals surface area contributed by atoms with E-state index < -0.39 is 10.8 Å². The maximum absolute atomic E-state index is 11.5. The van der Waals surface area contributed by atoms with Crippen LogP contribution in [-0.2, 0) is 116 Å². The van der Waals surface area contributed by atoms with Crippen LogP contribution in [-0.4, -0.2) is 64.2 Å². The van der Waals surface area contributed by atoms with Crippen molar-refractivity contribution >= 4 is 93.6 Å². The quantitative estimate of drug-likeness (QED) is 0.0406. The fraction of sp³-hybridized carbons (Fsp3) is 0.174. The Hall–Kier alpha value is -11.5. The molecule has 16 aromatic rings. The summed E-state index contributed by atoms with van der Waals surface area (Å²) in [4.78, 5) is 72.2. The minimum absolute atomic E-state index is 0. The Kier molecular flexibility index (Phi) is 40.7. The molecule has 0 saturated heterocycles. The summed E-state index contributed by atoms with van der Waals surface area (Å²) in [5, 5.41) is 34.9. The number of pyridine rings is 5. The van der Waals surface area contributed by atoms with E-state index in [-0.39, 0.29) is 138 Å². The number of aliphatic hydroxyl groups is 3. The number of benzene rings is 10. The zero-order chi connectivity index (χ0) is 88.4. The Morgan fingerprint density at radius 2 is 0.906 bits per heavy atom. The zero-order valence-electron chi connectivity index (χ0n) is 73.4. The number of thiophene rings is 1. The van der Waals surface area contributed by atoms with Crippen molar-refractivity contribution in [1.29, 1.82) is 0 Å². The van der Waals surface area contributed by atoms with Crippen molar-refractivity contribution in [2.24, 2.45) is 10.8 Å². The average Bonchev–Trinajstić information content (AvgIpc) is 1.58. The molecule has 656 valence electrons. The molecule has 1 aliphatic carbocycles. The molecular weight excluding hydrogens is 2310 g/mol. The second kappa shape index (κ2) is 49.6. The number of aromatic nitrogens is 5. The maximum Gasteiger partial charge on any atom is 0.221 e. The molecule has 6 aromatic heterocycles. The summed E-state index contributed by atoms with van der Waals surface area (Å²) in [5.74, 6) is -0.146. The van der Waals surface area contributed by atoms with Crippen molar-refractivity contribution in [3.05, 3.63) is 380 Å². The minimum atomic E-state index is -0.402. The van der Waals surface area contributed by atoms with Gasteiger partial charge in [-0.1, -0.05) is 230 Å². The van der Waals surface area contributed by atoms with Gasteiger partial charge in [0, 0.05) is 145 Å². The third-order valence-electron chi connectivity index (χ3n) is 19.7. The fourth-order valence-corrected chi connectivity index (χ4v) is 14.6. The standard InChI is InChI=1S/C24H18N.C16H12N.2C15H10N.C13H8NS.C11H20O2.3C5H8O2.4Ir/c1-24(2)21-10-6-5-9-19(21)20-12-11-17(15-22(20)24)23-18-8-4-3-7-16(18)13-14-25-23;1-3-7-14-12(5-1)9-10-17-11-13-6-2-4-8-15(13)16(14)17;1-2-7-13(8-3-1)15-14-9-5-4-6-12(14)10-11-16-15;1-2-6-12(7-3-1)15-11-10-13-8-4-5-9-14(13)16-15;1-2-7-12-10(5-1)9-13(15-12)11-6-3-4-8-14-11;1-10(2,3)8(12)7-9(13)11(4,5)6;3*1-4(6)3-5(2)7;;;;/h3-10,12-15H,1-2H3;1-10H,11H2;1-7,9-11H;1-6,8-11H;1-8H;7H2,1-6H3;3*3,6H,1-2H3;;;;/q-1;+1;3*-1;;;;;;;;. The minimum Gasteiger partial charge on any atom is -0.512 e. The van der Waals surface area contributed by atoms with Crippen molar-refractivity contribution in [2.45, 2.75) is 115 Å². The van der Waals surface area contributed by atoms with E-state index in [0.29, 0.717) is 0 Å². The van der Waals surface area contributed by atoms with Gasteiger partial charge in [0.15, 0.2) is 30.1 Å². The van der Waals surface area contributed by atoms with Gasteiger partial charge >= 0.3 is 0 Å². The van der Waals surface area contributed by atoms with Gasteiger partial charge in [-0.25, -0.2) is 11.3 Å². The van der Waals surface area contributed by atoms with Crippen LogP contribution in [0.5, 0.6) is 0 Å². The fourth-order valence-electron chi connectivity index (χ4n) is 13.6. The second-order valence-corrected chi connectivity index (χ2v) is 33.1. The number of fused-ring (bicyclic) bond motifs is 12. The van der Waals surface area contributed by atoms with Gasteiger partial charge in [-0.05, 0) is 148 Å². The molecule has 1 aliphatic heterocycles. The Morgan fingerprint density at radius 3 is 1.43 bits per heavy atom. The first-order chi connectivity index (χ1) is 58.8. The first kappa shape index (κ1) is 104. The summed E-state index contributed by atoms with van der Waals surface area (Å²) in [7, 11) is 0. The molecule has 3 N–H and O–H groups in total. The van der Waals surface area contributed by atoms with Crippen LogP contribution in [0.1, 0.15) is 120 Å². The molecule has 127 heavy (non-hydrogen) atoms. The molecule has 18 rings (SSSR count). The number of rotatable bonds is 9. The molecule has 0 saturated carbocycles. The predicted molar refractivity (Wildman–Crippen MR) is 503 cm³/mol. The zero-order valence-corrected chi connectivity index (χ0v) is 83.8. The van der Waals surface area contributed by atoms with E-state index in [1.165, 1.54) is 147 Å². The van der Waals surface area contributed by atoms with Gasteiger partial charge < -0.3 is 30.3 Å². The van der Waals surface area contributed by atoms with Gasteiger partial charge in [-0.3, -0.25) is 29.0 Å². The Balaban J connectivity index is 0.000000226. The van der Waals surface area contributed by atoms with Gasteiger partial charge in [0.2, 0.25) is 5.69 Å². The van der Waals surface area contributed by atoms with E-state index in [4.69, 9.17) is 15.3 Å². The molecule has 0 spiro atoms. The van der Waals surface area contributed by atoms with E-state index in [1.54, 1.807) is 11.3 Å². The van der Waals surface area contributed by atoms with Crippen molar-refractivity contribution in [3.63, 3.8) is 0 Å². The molecule has 2 aliphatic rings. The van der Waals surface area contributed by atoms with Crippen LogP contribution in [0.15, 0.2) is 339 Å². The van der Waals surface area contributed by atoms with Crippen LogP contribution < -0.4 is 4.57 Å². The van der Waals surface area contributed by atoms with Gasteiger partial charge in [0.1, 0.15) is 11.6 Å². The summed E-state index contributed by atoms with van der Waals surface area (Å²) in [6.45, 7) is 25.2. The number of hydrogen-bond acceptors (Lipinski definition) is 13. The van der Waals surface area contributed by atoms with E-state index in [0.717, 1.165) is 56.4 Å². The van der Waals surface area contributed by atoms with E-state index in [9.17, 15) is 24.0 Å². The number of ketones is 5. The molecule has 7 heterocycles. The monoisotopic (exact) mass is 2410 g/mol. The van der Waals surface area contributed by atoms with Crippen molar-refractivity contribution in [3.8, 4) is 66.7 Å². The number of hydrogen-bond donors (Lipinski definition) is 3. The van der Waals surface area contributed by atoms with Gasteiger partial charge in [0.25, 0.3) is 0 Å². The summed E-state index contributed by atoms with van der Waals surface area (Å²) >= 11 is 1.73. The van der Waals surface area contributed by atoms with Crippen LogP contribution >= 0.6 is 11.3 Å². The predicted octanol–water partition coefficient (Wildman–Crippen LogP) is 26.0. The molecule has 0 atom stereocenters. The average molecular weight is 2410 g/mol. The number of aliphatic hydroxyl groups excluding tert-OH is 3. The van der Waals surface area contributed by atoms with Crippen molar-refractivity contribution in [2.75, 3.05) is 0 Å². The summed E-state index contributed by atoms with van der Waals surface area (Å²) in [6.07, 6.45) is 11.3. The Labute approximate surface area is 803 Å². The molecule has 0 fully saturated rings. The molecule has 0 bridgehead atoms. The summed E-state index contributed by atoms with van der Waals surface area (Å²) < 4.78 is 3.60. The smallest absolute Gasteiger partial charge is 0.221 e. The number of carbonyl (C=O) groups is 5. The third kappa shape index (κ3) is 29.8. The largest absolute Gasteiger partial charge is 0.512 e. The molecule has 0 unspecified atom stereocenters. The number of para-hydroxylation sites is 1. The molecule has 0 amide bonds. The number of nitrogens with zero attached hydrogens (tertiary/aromatic N) is 5. The van der Waals surface area contributed by atoms with E-state index in [2.05, 4.69) is 233 Å². The van der Waals surface area contributed by atoms with E-state index in [1.807, 2.05) is 175 Å². The summed E-state index contributed by atoms with van der Waals surface area (Å²) in [6, 6.07) is 109. The molecule has 18 heteroatoms. The van der Waals surface area contributed by atoms with E-state index >= 15 is 0 Å². The van der Waals surface area contributed by atoms with Gasteiger partial charge in [-0.2, -0.15) is 4.57 Å². The SMILES string of the molecule is CC(=O)C=C(C)O.CC(=O)C=C(C)O.CC(=O)C=C(C)O.CC(C)(C)C(=O)CC(=O)C(C)(C)C.CC1(C)c2ccccc2-c2c[c-]c(-c3nccc4ccccc34)cc21.[Ir].[Ir].[Ir].[Ir].[c-]1c(-c2ccccn2)sc2ccccc12.[c-]1ccccc1-c1ccc2ccccc2n1.[c-]1ccccc1-c1nccc2ccccc12.c1ccc2c(c1)C[n+]1ccc3ccccc3c1-2. The van der Waals surface area contributed by atoms with Crippen LogP contribution in [0.2, 0.25) is 0 Å². The first-order valence-electron chi connectivity index (χ1n) is 40.5. The summed E-state index contributed by atoms with van der Waals surface area (Å²) in [5.41, 5.74) is 16.9. The molecular formula is C109H102Ir4N5O8S-3.